The fraction of sp³-hybridized carbons (Fsp3) is 0.400. The third-order valence-electron chi connectivity index (χ3n) is 2.88. The van der Waals surface area contributed by atoms with Crippen LogP contribution in [0, 0.1) is 6.92 Å². The molecule has 0 bridgehead atoms. The highest BCUT2D eigenvalue weighted by molar-refractivity contribution is 7.98. The lowest BCUT2D eigenvalue weighted by Gasteiger charge is -2.04. The van der Waals surface area contributed by atoms with Crippen LogP contribution in [0.5, 0.6) is 0 Å². The van der Waals surface area contributed by atoms with Gasteiger partial charge < -0.3 is 9.26 Å². The second-order valence-electron chi connectivity index (χ2n) is 4.62. The van der Waals surface area contributed by atoms with Crippen LogP contribution in [0.1, 0.15) is 37.0 Å². The van der Waals surface area contributed by atoms with Crippen LogP contribution in [0.15, 0.2) is 33.7 Å². The summed E-state index contributed by atoms with van der Waals surface area (Å²) in [5.74, 6) is 0.594. The molecule has 1 aromatic heterocycles. The molecule has 0 amide bonds. The lowest BCUT2D eigenvalue weighted by atomic mass is 10.2. The zero-order valence-corrected chi connectivity index (χ0v) is 13.1. The summed E-state index contributed by atoms with van der Waals surface area (Å²) in [5, 5.41) is 3.90. The molecule has 112 valence electrons. The highest BCUT2D eigenvalue weighted by Gasteiger charge is 2.22. The van der Waals surface area contributed by atoms with Crippen LogP contribution in [-0.4, -0.2) is 22.7 Å². The van der Waals surface area contributed by atoms with Crippen molar-refractivity contribution in [1.29, 1.82) is 0 Å². The van der Waals surface area contributed by atoms with Crippen molar-refractivity contribution < 1.29 is 14.1 Å². The molecule has 1 unspecified atom stereocenters. The Kier molecular flexibility index (Phi) is 5.38. The summed E-state index contributed by atoms with van der Waals surface area (Å²) in [4.78, 5) is 17.0. The molecule has 0 aliphatic rings. The third-order valence-corrected chi connectivity index (χ3v) is 3.89. The van der Waals surface area contributed by atoms with E-state index in [1.165, 1.54) is 5.56 Å². The van der Waals surface area contributed by atoms with Crippen molar-refractivity contribution in [2.75, 3.05) is 6.61 Å². The first kappa shape index (κ1) is 15.6. The Morgan fingerprint density at radius 2 is 2.10 bits per heavy atom. The van der Waals surface area contributed by atoms with Crippen LogP contribution in [-0.2, 0) is 15.3 Å². The van der Waals surface area contributed by atoms with Gasteiger partial charge in [-0.25, -0.2) is 0 Å². The molecular formula is C15H18N2O3S. The summed E-state index contributed by atoms with van der Waals surface area (Å²) in [6, 6.07) is 8.24. The van der Waals surface area contributed by atoms with E-state index in [2.05, 4.69) is 41.3 Å². The molecule has 21 heavy (non-hydrogen) atoms. The quantitative estimate of drug-likeness (QED) is 0.602. The predicted octanol–water partition coefficient (Wildman–Crippen LogP) is 3.34. The number of rotatable bonds is 6. The topological polar surface area (TPSA) is 65.2 Å². The molecule has 1 heterocycles. The van der Waals surface area contributed by atoms with Gasteiger partial charge in [0.1, 0.15) is 5.92 Å². The van der Waals surface area contributed by atoms with Gasteiger partial charge >= 0.3 is 5.97 Å². The van der Waals surface area contributed by atoms with Crippen molar-refractivity contribution in [2.24, 2.45) is 0 Å². The Balaban J connectivity index is 1.93. The number of esters is 1. The van der Waals surface area contributed by atoms with E-state index < -0.39 is 5.92 Å². The number of ether oxygens (including phenoxy) is 1. The van der Waals surface area contributed by atoms with Crippen molar-refractivity contribution in [3.05, 3.63) is 41.5 Å². The number of nitrogens with zero attached hydrogens (tertiary/aromatic N) is 2. The second kappa shape index (κ2) is 7.26. The van der Waals surface area contributed by atoms with Gasteiger partial charge in [0.15, 0.2) is 5.82 Å². The molecule has 0 saturated heterocycles. The van der Waals surface area contributed by atoms with Gasteiger partial charge in [-0.15, -0.1) is 11.8 Å². The van der Waals surface area contributed by atoms with Crippen molar-refractivity contribution in [2.45, 2.75) is 37.3 Å². The highest BCUT2D eigenvalue weighted by Crippen LogP contribution is 2.23. The van der Waals surface area contributed by atoms with Crippen LogP contribution < -0.4 is 0 Å². The van der Waals surface area contributed by atoms with E-state index in [1.807, 2.05) is 0 Å². The van der Waals surface area contributed by atoms with E-state index in [0.29, 0.717) is 24.1 Å². The lowest BCUT2D eigenvalue weighted by Crippen LogP contribution is -2.13. The largest absolute Gasteiger partial charge is 0.465 e. The van der Waals surface area contributed by atoms with Gasteiger partial charge in [0.05, 0.1) is 12.4 Å². The maximum Gasteiger partial charge on any atom is 0.318 e. The van der Waals surface area contributed by atoms with E-state index in [9.17, 15) is 4.79 Å². The molecule has 0 aliphatic carbocycles. The summed E-state index contributed by atoms with van der Waals surface area (Å²) in [6.07, 6.45) is 0. The van der Waals surface area contributed by atoms with E-state index in [-0.39, 0.29) is 5.97 Å². The molecule has 0 fully saturated rings. The van der Waals surface area contributed by atoms with Gasteiger partial charge in [-0.05, 0) is 32.9 Å². The fourth-order valence-corrected chi connectivity index (χ4v) is 2.39. The van der Waals surface area contributed by atoms with E-state index >= 15 is 0 Å². The first-order chi connectivity index (χ1) is 10.1. The zero-order chi connectivity index (χ0) is 15.2. The third kappa shape index (κ3) is 4.32. The minimum atomic E-state index is -0.532. The normalized spacial score (nSPS) is 12.1. The minimum absolute atomic E-state index is 0.299. The van der Waals surface area contributed by atoms with Crippen LogP contribution in [0.2, 0.25) is 0 Å². The Morgan fingerprint density at radius 1 is 1.38 bits per heavy atom. The molecule has 0 spiro atoms. The van der Waals surface area contributed by atoms with Gasteiger partial charge in [0.2, 0.25) is 5.89 Å². The van der Waals surface area contributed by atoms with Crippen LogP contribution in [0.25, 0.3) is 0 Å². The minimum Gasteiger partial charge on any atom is -0.465 e. The fourth-order valence-electron chi connectivity index (χ4n) is 1.65. The maximum absolute atomic E-state index is 11.6. The molecule has 0 saturated carbocycles. The number of thioether (sulfide) groups is 1. The smallest absolute Gasteiger partial charge is 0.318 e. The molecule has 0 aliphatic heterocycles. The van der Waals surface area contributed by atoms with Gasteiger partial charge in [-0.1, -0.05) is 22.9 Å². The van der Waals surface area contributed by atoms with E-state index in [1.54, 1.807) is 25.6 Å². The van der Waals surface area contributed by atoms with Gasteiger partial charge in [0, 0.05) is 4.90 Å². The first-order valence-corrected chi connectivity index (χ1v) is 7.77. The lowest BCUT2D eigenvalue weighted by molar-refractivity contribution is -0.145. The number of aromatic nitrogens is 2. The van der Waals surface area contributed by atoms with Gasteiger partial charge in [-0.2, -0.15) is 4.98 Å². The van der Waals surface area contributed by atoms with Crippen LogP contribution in [0.4, 0.5) is 0 Å². The molecule has 2 rings (SSSR count). The molecule has 0 radical (unpaired) electrons. The summed E-state index contributed by atoms with van der Waals surface area (Å²) < 4.78 is 10.1. The zero-order valence-electron chi connectivity index (χ0n) is 12.3. The van der Waals surface area contributed by atoms with Crippen LogP contribution >= 0.6 is 11.8 Å². The Labute approximate surface area is 128 Å². The predicted molar refractivity (Wildman–Crippen MR) is 80.1 cm³/mol. The number of carbonyl (C=O) groups excluding carboxylic acids is 1. The Hall–Kier alpha value is -1.82. The van der Waals surface area contributed by atoms with Crippen molar-refractivity contribution in [3.63, 3.8) is 0 Å². The molecular weight excluding hydrogens is 288 g/mol. The Morgan fingerprint density at radius 3 is 2.76 bits per heavy atom. The number of aryl methyl sites for hydroxylation is 1. The van der Waals surface area contributed by atoms with E-state index in [0.717, 1.165) is 4.90 Å². The molecule has 5 nitrogen and oxygen atoms in total. The van der Waals surface area contributed by atoms with Gasteiger partial charge in [0.25, 0.3) is 0 Å². The monoisotopic (exact) mass is 306 g/mol. The average Bonchev–Trinajstić information content (AvgIpc) is 2.95. The van der Waals surface area contributed by atoms with Crippen molar-refractivity contribution in [1.82, 2.24) is 10.1 Å². The Bertz CT molecular complexity index is 595. The number of hydrogen-bond acceptors (Lipinski definition) is 6. The molecule has 2 aromatic rings. The SMILES string of the molecule is CCOC(=O)C(C)c1nc(CSc2ccc(C)cc2)no1. The number of carbonyl (C=O) groups is 1. The summed E-state index contributed by atoms with van der Waals surface area (Å²) >= 11 is 1.62. The molecule has 6 heteroatoms. The molecule has 1 atom stereocenters. The number of benzene rings is 1. The maximum atomic E-state index is 11.6. The molecule has 1 aromatic carbocycles. The highest BCUT2D eigenvalue weighted by atomic mass is 32.2. The first-order valence-electron chi connectivity index (χ1n) is 6.78. The second-order valence-corrected chi connectivity index (χ2v) is 5.67. The molecule has 0 N–H and O–H groups in total. The van der Waals surface area contributed by atoms with E-state index in [4.69, 9.17) is 9.26 Å². The van der Waals surface area contributed by atoms with Crippen molar-refractivity contribution in [3.8, 4) is 0 Å². The summed E-state index contributed by atoms with van der Waals surface area (Å²) in [5.41, 5.74) is 1.23. The van der Waals surface area contributed by atoms with Crippen molar-refractivity contribution >= 4 is 17.7 Å². The van der Waals surface area contributed by atoms with Crippen LogP contribution in [0.3, 0.4) is 0 Å². The average molecular weight is 306 g/mol. The number of hydrogen-bond donors (Lipinski definition) is 0. The summed E-state index contributed by atoms with van der Waals surface area (Å²) in [6.45, 7) is 5.86. The standard InChI is InChI=1S/C15H18N2O3S/c1-4-19-15(18)11(3)14-16-13(17-20-14)9-21-12-7-5-10(2)6-8-12/h5-8,11H,4,9H2,1-3H3. The van der Waals surface area contributed by atoms with Gasteiger partial charge in [-0.3, -0.25) is 4.79 Å². The summed E-state index contributed by atoms with van der Waals surface area (Å²) in [7, 11) is 0.